The number of benzene rings is 2. The summed E-state index contributed by atoms with van der Waals surface area (Å²) in [4.78, 5) is 20.9. The maximum Gasteiger partial charge on any atom is 0.283 e. The van der Waals surface area contributed by atoms with Gasteiger partial charge in [0.15, 0.2) is 17.3 Å². The molecule has 0 unspecified atom stereocenters. The smallest absolute Gasteiger partial charge is 0.283 e. The first kappa shape index (κ1) is 22.5. The summed E-state index contributed by atoms with van der Waals surface area (Å²) >= 11 is 1.21. The molecule has 5 rings (SSSR count). The van der Waals surface area contributed by atoms with Crippen LogP contribution in [0.25, 0.3) is 6.08 Å². The van der Waals surface area contributed by atoms with E-state index in [-0.39, 0.29) is 23.8 Å². The number of halogens is 1. The van der Waals surface area contributed by atoms with Gasteiger partial charge in [-0.05, 0) is 53.7 Å². The van der Waals surface area contributed by atoms with Crippen molar-refractivity contribution in [2.45, 2.75) is 6.61 Å². The molecule has 1 amide bonds. The van der Waals surface area contributed by atoms with E-state index in [1.807, 2.05) is 6.07 Å². The standard InChI is InChI=1S/C25H18FN5O3S/c1-33-21-12-15(8-9-20(21)34-14-17-5-2-3-7-19(17)26)11-18-22(27)31-25(29-23(18)32)35-24(30-31)16-6-4-10-28-13-16/h2-13,27H,14H2,1H3. The second kappa shape index (κ2) is 9.51. The fourth-order valence-corrected chi connectivity index (χ4v) is 4.31. The summed E-state index contributed by atoms with van der Waals surface area (Å²) in [6, 6.07) is 15.1. The van der Waals surface area contributed by atoms with Gasteiger partial charge in [-0.15, -0.1) is 0 Å². The fourth-order valence-electron chi connectivity index (χ4n) is 3.43. The number of amides is 1. The Hall–Kier alpha value is -4.31. The first-order chi connectivity index (χ1) is 17.0. The SMILES string of the molecule is COc1cc(C=C2C(=N)N3N=C(c4cccnc4)SC3=NC2=O)ccc1OCc1ccccc1F. The van der Waals surface area contributed by atoms with Crippen LogP contribution in [-0.4, -0.2) is 39.1 Å². The van der Waals surface area contributed by atoms with Gasteiger partial charge in [0.2, 0.25) is 5.17 Å². The lowest BCUT2D eigenvalue weighted by Crippen LogP contribution is -2.35. The summed E-state index contributed by atoms with van der Waals surface area (Å²) in [5, 5.41) is 15.3. The Morgan fingerprint density at radius 3 is 2.77 bits per heavy atom. The van der Waals surface area contributed by atoms with E-state index in [1.165, 1.54) is 29.9 Å². The van der Waals surface area contributed by atoms with Crippen LogP contribution in [-0.2, 0) is 11.4 Å². The molecule has 2 aliphatic heterocycles. The number of thioether (sulfide) groups is 1. The molecule has 1 aromatic heterocycles. The van der Waals surface area contributed by atoms with Gasteiger partial charge >= 0.3 is 0 Å². The van der Waals surface area contributed by atoms with Crippen LogP contribution >= 0.6 is 11.8 Å². The monoisotopic (exact) mass is 487 g/mol. The topological polar surface area (TPSA) is 100 Å². The lowest BCUT2D eigenvalue weighted by atomic mass is 10.1. The summed E-state index contributed by atoms with van der Waals surface area (Å²) in [6.07, 6.45) is 4.87. The van der Waals surface area contributed by atoms with Crippen LogP contribution in [0.1, 0.15) is 16.7 Å². The Labute approximate surface area is 204 Å². The summed E-state index contributed by atoms with van der Waals surface area (Å²) in [6.45, 7) is 0.0357. The van der Waals surface area contributed by atoms with Crippen LogP contribution in [0.4, 0.5) is 4.39 Å². The van der Waals surface area contributed by atoms with E-state index < -0.39 is 5.91 Å². The van der Waals surface area contributed by atoms with Crippen molar-refractivity contribution in [3.8, 4) is 11.5 Å². The van der Waals surface area contributed by atoms with Crippen LogP contribution in [0, 0.1) is 11.2 Å². The molecule has 0 saturated heterocycles. The van der Waals surface area contributed by atoms with E-state index in [9.17, 15) is 9.18 Å². The van der Waals surface area contributed by atoms with Gasteiger partial charge in [-0.3, -0.25) is 15.2 Å². The number of methoxy groups -OCH3 is 1. The van der Waals surface area contributed by atoms with Gasteiger partial charge in [0.25, 0.3) is 5.91 Å². The Morgan fingerprint density at radius 2 is 2.00 bits per heavy atom. The van der Waals surface area contributed by atoms with Crippen molar-refractivity contribution in [2.75, 3.05) is 7.11 Å². The quantitative estimate of drug-likeness (QED) is 0.515. The molecule has 10 heteroatoms. The number of amidine groups is 2. The predicted molar refractivity (Wildman–Crippen MR) is 132 cm³/mol. The van der Waals surface area contributed by atoms with Crippen LogP contribution in [0.15, 0.2) is 82.7 Å². The number of carbonyl (C=O) groups is 1. The maximum atomic E-state index is 13.9. The molecular weight excluding hydrogens is 469 g/mol. The third-order valence-electron chi connectivity index (χ3n) is 5.20. The molecule has 0 atom stereocenters. The molecule has 1 N–H and O–H groups in total. The van der Waals surface area contributed by atoms with Gasteiger partial charge in [0.1, 0.15) is 17.5 Å². The number of hydrogen-bond acceptors (Lipinski definition) is 7. The fraction of sp³-hybridized carbons (Fsp3) is 0.0800. The first-order valence-electron chi connectivity index (χ1n) is 10.5. The largest absolute Gasteiger partial charge is 0.493 e. The molecule has 0 bridgehead atoms. The highest BCUT2D eigenvalue weighted by atomic mass is 32.2. The second-order valence-electron chi connectivity index (χ2n) is 7.46. The minimum atomic E-state index is -0.532. The number of aliphatic imine (C=N–C) groups is 1. The lowest BCUT2D eigenvalue weighted by molar-refractivity contribution is -0.114. The van der Waals surface area contributed by atoms with E-state index in [1.54, 1.807) is 60.9 Å². The van der Waals surface area contributed by atoms with Gasteiger partial charge in [0, 0.05) is 23.5 Å². The highest BCUT2D eigenvalue weighted by Gasteiger charge is 2.36. The van der Waals surface area contributed by atoms with E-state index in [4.69, 9.17) is 14.9 Å². The maximum absolute atomic E-state index is 13.9. The molecule has 2 aromatic carbocycles. The van der Waals surface area contributed by atoms with E-state index in [0.717, 1.165) is 5.56 Å². The van der Waals surface area contributed by atoms with Crippen molar-refractivity contribution in [3.05, 3.63) is 95.1 Å². The molecule has 0 aliphatic carbocycles. The Kier molecular flexibility index (Phi) is 6.11. The zero-order chi connectivity index (χ0) is 24.4. The average Bonchev–Trinajstić information content (AvgIpc) is 3.31. The summed E-state index contributed by atoms with van der Waals surface area (Å²) in [5.74, 6) is -0.134. The zero-order valence-electron chi connectivity index (χ0n) is 18.4. The number of nitrogens with one attached hydrogen (secondary N) is 1. The normalized spacial score (nSPS) is 16.2. The number of hydrogen-bond donors (Lipinski definition) is 1. The van der Waals surface area contributed by atoms with Crippen LogP contribution in [0.3, 0.4) is 0 Å². The summed E-state index contributed by atoms with van der Waals surface area (Å²) in [7, 11) is 1.49. The van der Waals surface area contributed by atoms with Gasteiger partial charge in [0.05, 0.1) is 12.7 Å². The highest BCUT2D eigenvalue weighted by Crippen LogP contribution is 2.33. The summed E-state index contributed by atoms with van der Waals surface area (Å²) in [5.41, 5.74) is 1.89. The van der Waals surface area contributed by atoms with Crippen molar-refractivity contribution in [1.29, 1.82) is 5.41 Å². The van der Waals surface area contributed by atoms with Crippen LogP contribution in [0.2, 0.25) is 0 Å². The average molecular weight is 488 g/mol. The predicted octanol–water partition coefficient (Wildman–Crippen LogP) is 4.48. The highest BCUT2D eigenvalue weighted by molar-refractivity contribution is 8.27. The molecule has 2 aliphatic rings. The van der Waals surface area contributed by atoms with Crippen molar-refractivity contribution in [3.63, 3.8) is 0 Å². The molecule has 8 nitrogen and oxygen atoms in total. The van der Waals surface area contributed by atoms with Gasteiger partial charge in [-0.25, -0.2) is 4.39 Å². The number of hydrazone groups is 1. The van der Waals surface area contributed by atoms with Crippen molar-refractivity contribution in [2.24, 2.45) is 10.1 Å². The first-order valence-corrected chi connectivity index (χ1v) is 11.3. The van der Waals surface area contributed by atoms with Gasteiger partial charge in [-0.1, -0.05) is 24.3 Å². The van der Waals surface area contributed by atoms with E-state index in [0.29, 0.717) is 32.8 Å². The molecule has 0 radical (unpaired) electrons. The zero-order valence-corrected chi connectivity index (χ0v) is 19.3. The Bertz CT molecular complexity index is 1420. The van der Waals surface area contributed by atoms with Crippen LogP contribution in [0.5, 0.6) is 11.5 Å². The van der Waals surface area contributed by atoms with Gasteiger partial charge < -0.3 is 9.47 Å². The molecular formula is C25H18FN5O3S. The molecule has 3 heterocycles. The molecule has 3 aromatic rings. The van der Waals surface area contributed by atoms with E-state index >= 15 is 0 Å². The molecule has 0 saturated carbocycles. The molecule has 35 heavy (non-hydrogen) atoms. The summed E-state index contributed by atoms with van der Waals surface area (Å²) < 4.78 is 25.1. The molecule has 0 fully saturated rings. The number of fused-ring (bicyclic) bond motifs is 1. The molecule has 0 spiro atoms. The number of pyridine rings is 1. The lowest BCUT2D eigenvalue weighted by Gasteiger charge is -2.20. The third-order valence-corrected chi connectivity index (χ3v) is 6.16. The van der Waals surface area contributed by atoms with Crippen molar-refractivity contribution in [1.82, 2.24) is 9.99 Å². The third kappa shape index (κ3) is 4.56. The van der Waals surface area contributed by atoms with E-state index in [2.05, 4.69) is 15.1 Å². The minimum Gasteiger partial charge on any atom is -0.493 e. The number of carbonyl (C=O) groups excluding carboxylic acids is 1. The number of nitrogens with zero attached hydrogens (tertiary/aromatic N) is 4. The van der Waals surface area contributed by atoms with Gasteiger partial charge in [-0.2, -0.15) is 15.1 Å². The number of aromatic nitrogens is 1. The Balaban J connectivity index is 1.38. The van der Waals surface area contributed by atoms with Crippen molar-refractivity contribution < 1.29 is 18.7 Å². The van der Waals surface area contributed by atoms with Crippen molar-refractivity contribution >= 4 is 39.8 Å². The Morgan fingerprint density at radius 1 is 1.14 bits per heavy atom. The van der Waals surface area contributed by atoms with Crippen LogP contribution < -0.4 is 9.47 Å². The minimum absolute atomic E-state index is 0.0357. The number of ether oxygens (including phenoxy) is 2. The molecule has 174 valence electrons. The second-order valence-corrected chi connectivity index (χ2v) is 8.41. The number of rotatable bonds is 6.